The first kappa shape index (κ1) is 77.4. The summed E-state index contributed by atoms with van der Waals surface area (Å²) < 4.78 is 21.8. The van der Waals surface area contributed by atoms with E-state index in [1.165, 1.54) is 73.8 Å². The van der Waals surface area contributed by atoms with E-state index in [9.17, 15) is 0 Å². The minimum Gasteiger partial charge on any atom is -0.337 e. The highest BCUT2D eigenvalue weighted by Gasteiger charge is 2.46. The third kappa shape index (κ3) is 48.3. The van der Waals surface area contributed by atoms with Crippen LogP contribution in [0.5, 0.6) is 0 Å². The standard InChI is InChI=1S/C11H27NSi.C10H24Si.C8H24N4Si.C8H22N2Si.C6H18N2Si.C6H17NSi/c1-9(2)7-13(8-10(3)4)12-11(5)6;1-9(2,3)7-11-8-10(4,5)6;1-9(2)13(10(3)4,11(5)6)12(7)8;1-5-9(6-2)11-10(7-3)8-4;1-5-7(3)9-8(4)6-2;1-5(2)7(8)6(3)4/h9-13H,7-8H2,1-6H3;7-8,11H2,1-6H3;1-8H3;5-8,11H2,1-4H3;5-6,9H2,1-4H3;5-6H,1-4,8H3. The fourth-order valence-corrected chi connectivity index (χ4v) is 21.1. The largest absolute Gasteiger partial charge is 0.375 e. The maximum absolute atomic E-state index is 3.78. The highest BCUT2D eigenvalue weighted by atomic mass is 28.4. The summed E-state index contributed by atoms with van der Waals surface area (Å²) in [5.41, 5.74) is 1.16. The second-order valence-corrected chi connectivity index (χ2v) is 38.2. The monoisotopic (exact) mass is 1030 g/mol. The molecule has 0 saturated carbocycles. The molecule has 0 unspecified atom stereocenters. The van der Waals surface area contributed by atoms with E-state index >= 15 is 0 Å². The number of hydrogen-bond donors (Lipinski definition) is 1. The molecule has 0 radical (unpaired) electrons. The topological polar surface area (TPSA) is 41.2 Å². The Morgan fingerprint density at radius 3 is 0.892 bits per heavy atom. The Kier molecular flexibility index (Phi) is 52.0. The average molecular weight is 1030 g/mol. The van der Waals surface area contributed by atoms with Gasteiger partial charge in [-0.1, -0.05) is 164 Å². The van der Waals surface area contributed by atoms with Crippen molar-refractivity contribution in [1.82, 2.24) is 46.1 Å². The summed E-state index contributed by atoms with van der Waals surface area (Å²) >= 11 is 0. The lowest BCUT2D eigenvalue weighted by atomic mass is 10.00. The summed E-state index contributed by atoms with van der Waals surface area (Å²) in [5, 5.41) is 0. The Balaban J connectivity index is -0.000000162. The van der Waals surface area contributed by atoms with Crippen molar-refractivity contribution in [2.24, 2.45) is 22.7 Å². The van der Waals surface area contributed by atoms with Crippen molar-refractivity contribution in [2.75, 3.05) is 110 Å². The molecule has 65 heavy (non-hydrogen) atoms. The summed E-state index contributed by atoms with van der Waals surface area (Å²) in [6.45, 7) is 57.6. The van der Waals surface area contributed by atoms with Crippen molar-refractivity contribution in [3.05, 3.63) is 0 Å². The molecule has 0 saturated heterocycles. The molecule has 0 aliphatic carbocycles. The molecule has 0 heterocycles. The SMILES string of the molecule is CC(C)(C)C[SiH2]CC(C)(C)C.CC(C)C[SiH](CC(C)C)NC(C)C.CC(C)N([SiH3])C(C)C.CCN(C)[SiH2]N(C)CC.CCN(CC)[SiH2]N(CC)CC.CN(C)[Si](N(C)C)(N(C)C)N(C)C. The minimum atomic E-state index is -1.77. The van der Waals surface area contributed by atoms with Crippen LogP contribution >= 0.6 is 0 Å². The summed E-state index contributed by atoms with van der Waals surface area (Å²) in [6, 6.07) is 8.01. The molecular formula is C49H132N10Si6. The van der Waals surface area contributed by atoms with Gasteiger partial charge in [-0.2, -0.15) is 0 Å². The second-order valence-electron chi connectivity index (χ2n) is 23.5. The van der Waals surface area contributed by atoms with E-state index < -0.39 is 17.7 Å². The number of nitrogens with zero attached hydrogens (tertiary/aromatic N) is 9. The van der Waals surface area contributed by atoms with Gasteiger partial charge in [0.15, 0.2) is 19.7 Å². The van der Waals surface area contributed by atoms with Gasteiger partial charge in [-0.05, 0) is 163 Å². The van der Waals surface area contributed by atoms with E-state index in [1.807, 2.05) is 0 Å². The number of rotatable bonds is 24. The molecule has 16 heteroatoms. The molecule has 0 aromatic rings. The number of hydrogen-bond acceptors (Lipinski definition) is 10. The van der Waals surface area contributed by atoms with Gasteiger partial charge < -0.3 is 27.8 Å². The van der Waals surface area contributed by atoms with Gasteiger partial charge in [0.05, 0.1) is 10.4 Å². The van der Waals surface area contributed by atoms with Crippen LogP contribution in [-0.2, 0) is 0 Å². The van der Waals surface area contributed by atoms with Gasteiger partial charge in [0.1, 0.15) is 8.96 Å². The Morgan fingerprint density at radius 2 is 0.754 bits per heavy atom. The Bertz CT molecular complexity index is 884. The smallest absolute Gasteiger partial charge is 0.337 e. The second kappa shape index (κ2) is 43.7. The normalized spacial score (nSPS) is 12.6. The van der Waals surface area contributed by atoms with Crippen LogP contribution in [0.3, 0.4) is 0 Å². The maximum Gasteiger partial charge on any atom is 0.375 e. The predicted octanol–water partition coefficient (Wildman–Crippen LogP) is 6.72. The van der Waals surface area contributed by atoms with Crippen LogP contribution in [0.4, 0.5) is 0 Å². The van der Waals surface area contributed by atoms with Gasteiger partial charge in [-0.3, -0.25) is 18.3 Å². The third-order valence-corrected chi connectivity index (χ3v) is 30.9. The molecule has 10 nitrogen and oxygen atoms in total. The zero-order valence-electron chi connectivity index (χ0n) is 51.7. The van der Waals surface area contributed by atoms with Crippen molar-refractivity contribution in [2.45, 2.75) is 195 Å². The minimum absolute atomic E-state index is 0.0733. The summed E-state index contributed by atoms with van der Waals surface area (Å²) in [7, 11) is 20.3. The van der Waals surface area contributed by atoms with E-state index in [4.69, 9.17) is 0 Å². The fourth-order valence-electron chi connectivity index (χ4n) is 7.73. The molecule has 0 fully saturated rings. The lowest BCUT2D eigenvalue weighted by Crippen LogP contribution is -2.77. The van der Waals surface area contributed by atoms with Crippen LogP contribution in [0.1, 0.15) is 152 Å². The average Bonchev–Trinajstić information content (AvgIpc) is 3.13. The van der Waals surface area contributed by atoms with E-state index in [1.54, 1.807) is 0 Å². The zero-order valence-corrected chi connectivity index (χ0v) is 60.1. The molecular weight excluding hydrogens is 897 g/mol. The van der Waals surface area contributed by atoms with Gasteiger partial charge in [0.2, 0.25) is 0 Å². The lowest BCUT2D eigenvalue weighted by Gasteiger charge is -2.49. The highest BCUT2D eigenvalue weighted by molar-refractivity contribution is 6.68. The quantitative estimate of drug-likeness (QED) is 0.106. The van der Waals surface area contributed by atoms with E-state index in [2.05, 4.69) is 269 Å². The highest BCUT2D eigenvalue weighted by Crippen LogP contribution is 2.24. The molecule has 0 atom stereocenters. The fraction of sp³-hybridized carbons (Fsp3) is 1.00. The predicted molar refractivity (Wildman–Crippen MR) is 324 cm³/mol. The first-order valence-corrected chi connectivity index (χ1v) is 35.8. The molecule has 0 amide bonds. The third-order valence-electron chi connectivity index (χ3n) is 11.7. The van der Waals surface area contributed by atoms with Crippen LogP contribution in [0.25, 0.3) is 0 Å². The number of nitrogens with one attached hydrogen (secondary N) is 1. The van der Waals surface area contributed by atoms with Gasteiger partial charge in [0, 0.05) is 9.52 Å². The van der Waals surface area contributed by atoms with Crippen LogP contribution in [-0.4, -0.2) is 226 Å². The van der Waals surface area contributed by atoms with Crippen molar-refractivity contribution >= 4 is 57.3 Å². The van der Waals surface area contributed by atoms with Gasteiger partial charge >= 0.3 is 8.72 Å². The first-order chi connectivity index (χ1) is 29.4. The van der Waals surface area contributed by atoms with E-state index in [0.717, 1.165) is 23.9 Å². The van der Waals surface area contributed by atoms with Gasteiger partial charge in [-0.25, -0.2) is 0 Å². The molecule has 0 aromatic heterocycles. The van der Waals surface area contributed by atoms with Crippen LogP contribution in [0.2, 0.25) is 24.2 Å². The Hall–Kier alpha value is 0.901. The summed E-state index contributed by atoms with van der Waals surface area (Å²) in [6.07, 6.45) is 0. The van der Waals surface area contributed by atoms with Crippen LogP contribution < -0.4 is 4.98 Å². The summed E-state index contributed by atoms with van der Waals surface area (Å²) in [4.78, 5) is 3.78. The van der Waals surface area contributed by atoms with Gasteiger partial charge in [0.25, 0.3) is 0 Å². The van der Waals surface area contributed by atoms with Crippen molar-refractivity contribution in [1.29, 1.82) is 0 Å². The van der Waals surface area contributed by atoms with Crippen molar-refractivity contribution < 1.29 is 0 Å². The molecule has 0 spiro atoms. The molecule has 1 N–H and O–H groups in total. The van der Waals surface area contributed by atoms with E-state index in [-0.39, 0.29) is 29.2 Å². The molecule has 0 bridgehead atoms. The van der Waals surface area contributed by atoms with Crippen LogP contribution in [0.15, 0.2) is 0 Å². The first-order valence-electron chi connectivity index (χ1n) is 26.4. The maximum atomic E-state index is 3.78. The van der Waals surface area contributed by atoms with Gasteiger partial charge in [-0.15, -0.1) is 0 Å². The lowest BCUT2D eigenvalue weighted by molar-refractivity contribution is 0.294. The molecule has 402 valence electrons. The molecule has 0 aliphatic heterocycles. The summed E-state index contributed by atoms with van der Waals surface area (Å²) in [5.74, 6) is 1.73. The zero-order chi connectivity index (χ0) is 53.1. The Morgan fingerprint density at radius 1 is 0.477 bits per heavy atom. The van der Waals surface area contributed by atoms with Crippen LogP contribution in [0, 0.1) is 22.7 Å². The molecule has 0 aromatic carbocycles. The molecule has 0 aliphatic rings. The Labute approximate surface area is 428 Å². The van der Waals surface area contributed by atoms with Crippen molar-refractivity contribution in [3.63, 3.8) is 0 Å². The molecule has 0 rings (SSSR count). The van der Waals surface area contributed by atoms with E-state index in [0.29, 0.717) is 16.9 Å². The van der Waals surface area contributed by atoms with Crippen molar-refractivity contribution in [3.8, 4) is 0 Å².